The maximum atomic E-state index is 13.6. The van der Waals surface area contributed by atoms with E-state index in [9.17, 15) is 9.18 Å². The average Bonchev–Trinajstić information content (AvgIpc) is 2.47. The molecule has 0 fully saturated rings. The molecular weight excluding hydrogens is 283 g/mol. The summed E-state index contributed by atoms with van der Waals surface area (Å²) in [5.74, 6) is 0.0267. The zero-order valence-corrected chi connectivity index (χ0v) is 11.9. The number of nitrogens with one attached hydrogen (secondary N) is 1. The maximum Gasteiger partial charge on any atom is 0.227 e. The quantitative estimate of drug-likeness (QED) is 0.921. The van der Waals surface area contributed by atoms with E-state index < -0.39 is 5.82 Å². The van der Waals surface area contributed by atoms with Crippen LogP contribution in [0.1, 0.15) is 35.0 Å². The zero-order valence-electron chi connectivity index (χ0n) is 11.9. The van der Waals surface area contributed by atoms with Gasteiger partial charge in [-0.2, -0.15) is 5.26 Å². The predicted molar refractivity (Wildman–Crippen MR) is 78.2 cm³/mol. The minimum absolute atomic E-state index is 0.0173. The molecule has 0 saturated carbocycles. The summed E-state index contributed by atoms with van der Waals surface area (Å²) in [4.78, 5) is 20.4. The molecule has 0 spiro atoms. The van der Waals surface area contributed by atoms with E-state index >= 15 is 0 Å². The lowest BCUT2D eigenvalue weighted by Gasteiger charge is -2.19. The Morgan fingerprint density at radius 1 is 1.41 bits per heavy atom. The Morgan fingerprint density at radius 2 is 2.23 bits per heavy atom. The van der Waals surface area contributed by atoms with Crippen molar-refractivity contribution in [3.63, 3.8) is 0 Å². The van der Waals surface area contributed by atoms with Crippen molar-refractivity contribution in [2.75, 3.05) is 5.32 Å². The molecule has 0 radical (unpaired) electrons. The fraction of sp³-hybridized carbons (Fsp3) is 0.250. The number of anilines is 2. The Balaban J connectivity index is 1.88. The number of nitrogens with zero attached hydrogens (tertiary/aromatic N) is 3. The third-order valence-electron chi connectivity index (χ3n) is 3.59. The zero-order chi connectivity index (χ0) is 15.7. The number of halogens is 1. The first kappa shape index (κ1) is 14.1. The molecule has 1 aliphatic rings. The molecule has 110 valence electrons. The second-order valence-electron chi connectivity index (χ2n) is 5.42. The summed E-state index contributed by atoms with van der Waals surface area (Å²) < 4.78 is 13.6. The molecule has 3 rings (SSSR count). The number of rotatable bonds is 2. The number of benzene rings is 1. The lowest BCUT2D eigenvalue weighted by atomic mass is 9.88. The lowest BCUT2D eigenvalue weighted by molar-refractivity contribution is 0.0951. The van der Waals surface area contributed by atoms with Crippen molar-refractivity contribution >= 4 is 17.4 Å². The molecule has 0 amide bonds. The third-order valence-corrected chi connectivity index (χ3v) is 3.59. The lowest BCUT2D eigenvalue weighted by Crippen LogP contribution is -2.20. The van der Waals surface area contributed by atoms with Gasteiger partial charge in [0, 0.05) is 18.3 Å². The van der Waals surface area contributed by atoms with Crippen LogP contribution < -0.4 is 5.32 Å². The number of ketones is 1. The van der Waals surface area contributed by atoms with Gasteiger partial charge in [0.2, 0.25) is 5.95 Å². The van der Waals surface area contributed by atoms with Gasteiger partial charge in [-0.05, 0) is 30.5 Å². The van der Waals surface area contributed by atoms with Gasteiger partial charge >= 0.3 is 0 Å². The van der Waals surface area contributed by atoms with Gasteiger partial charge in [0.15, 0.2) is 5.78 Å². The molecule has 0 bridgehead atoms. The van der Waals surface area contributed by atoms with Crippen LogP contribution in [0.15, 0.2) is 24.4 Å². The van der Waals surface area contributed by atoms with Gasteiger partial charge in [-0.25, -0.2) is 14.4 Å². The molecule has 22 heavy (non-hydrogen) atoms. The van der Waals surface area contributed by atoms with E-state index in [2.05, 4.69) is 15.3 Å². The van der Waals surface area contributed by atoms with Crippen molar-refractivity contribution in [1.82, 2.24) is 9.97 Å². The van der Waals surface area contributed by atoms with Crippen molar-refractivity contribution in [3.8, 4) is 6.07 Å². The molecule has 0 aliphatic heterocycles. The van der Waals surface area contributed by atoms with Gasteiger partial charge in [-0.15, -0.1) is 0 Å². The van der Waals surface area contributed by atoms with E-state index in [-0.39, 0.29) is 17.3 Å². The number of aromatic nitrogens is 2. The second kappa shape index (κ2) is 5.53. The highest BCUT2D eigenvalue weighted by Gasteiger charge is 2.24. The van der Waals surface area contributed by atoms with Crippen LogP contribution in [0.5, 0.6) is 0 Å². The molecule has 2 aromatic rings. The molecule has 1 atom stereocenters. The number of carbonyl (C=O) groups excluding carboxylic acids is 1. The minimum Gasteiger partial charge on any atom is -0.324 e. The third kappa shape index (κ3) is 2.66. The summed E-state index contributed by atoms with van der Waals surface area (Å²) >= 11 is 0. The molecule has 1 N–H and O–H groups in total. The first-order valence-corrected chi connectivity index (χ1v) is 6.92. The topological polar surface area (TPSA) is 78.7 Å². The molecule has 0 saturated heterocycles. The summed E-state index contributed by atoms with van der Waals surface area (Å²) in [7, 11) is 0. The summed E-state index contributed by atoms with van der Waals surface area (Å²) in [6.07, 6.45) is 2.75. The normalized spacial score (nSPS) is 16.8. The first-order chi connectivity index (χ1) is 10.6. The Labute approximate surface area is 126 Å². The Kier molecular flexibility index (Phi) is 3.55. The highest BCUT2D eigenvalue weighted by molar-refractivity contribution is 5.98. The van der Waals surface area contributed by atoms with E-state index in [0.29, 0.717) is 23.6 Å². The van der Waals surface area contributed by atoms with Crippen LogP contribution >= 0.6 is 0 Å². The van der Waals surface area contributed by atoms with Gasteiger partial charge < -0.3 is 5.32 Å². The van der Waals surface area contributed by atoms with Crippen molar-refractivity contribution in [2.24, 2.45) is 5.92 Å². The number of hydrogen-bond donors (Lipinski definition) is 1. The number of Topliss-reactive ketones (excluding diaryl/α,β-unsaturated/α-hetero) is 1. The second-order valence-corrected chi connectivity index (χ2v) is 5.42. The highest BCUT2D eigenvalue weighted by atomic mass is 19.1. The van der Waals surface area contributed by atoms with Crippen LogP contribution in [0.25, 0.3) is 0 Å². The molecule has 5 nitrogen and oxygen atoms in total. The van der Waals surface area contributed by atoms with E-state index in [1.165, 1.54) is 18.3 Å². The SMILES string of the molecule is CC1CC(=O)c2cnc(Nc3ccc(C#N)c(F)c3)nc2C1. The maximum absolute atomic E-state index is 13.6. The Bertz CT molecular complexity index is 797. The van der Waals surface area contributed by atoms with Crippen LogP contribution in [-0.2, 0) is 6.42 Å². The van der Waals surface area contributed by atoms with Gasteiger partial charge in [-0.1, -0.05) is 6.92 Å². The molecule has 1 aromatic carbocycles. The smallest absolute Gasteiger partial charge is 0.227 e. The predicted octanol–water partition coefficient (Wildman–Crippen LogP) is 3.00. The highest BCUT2D eigenvalue weighted by Crippen LogP contribution is 2.25. The first-order valence-electron chi connectivity index (χ1n) is 6.92. The monoisotopic (exact) mass is 296 g/mol. The van der Waals surface area contributed by atoms with Crippen molar-refractivity contribution in [3.05, 3.63) is 47.0 Å². The largest absolute Gasteiger partial charge is 0.324 e. The fourth-order valence-electron chi connectivity index (χ4n) is 2.51. The van der Waals surface area contributed by atoms with Crippen LogP contribution in [0.4, 0.5) is 16.0 Å². The number of hydrogen-bond acceptors (Lipinski definition) is 5. The van der Waals surface area contributed by atoms with E-state index in [4.69, 9.17) is 5.26 Å². The van der Waals surface area contributed by atoms with Crippen LogP contribution in [0.2, 0.25) is 0 Å². The number of fused-ring (bicyclic) bond motifs is 1. The van der Waals surface area contributed by atoms with E-state index in [0.717, 1.165) is 12.1 Å². The summed E-state index contributed by atoms with van der Waals surface area (Å²) in [5, 5.41) is 11.6. The van der Waals surface area contributed by atoms with Gasteiger partial charge in [0.25, 0.3) is 0 Å². The van der Waals surface area contributed by atoms with Crippen molar-refractivity contribution < 1.29 is 9.18 Å². The molecule has 6 heteroatoms. The molecular formula is C16H13FN4O. The van der Waals surface area contributed by atoms with Crippen molar-refractivity contribution in [1.29, 1.82) is 5.26 Å². The van der Waals surface area contributed by atoms with Crippen molar-refractivity contribution in [2.45, 2.75) is 19.8 Å². The van der Waals surface area contributed by atoms with Crippen LogP contribution in [-0.4, -0.2) is 15.8 Å². The van der Waals surface area contributed by atoms with E-state index in [1.54, 1.807) is 12.1 Å². The number of carbonyl (C=O) groups is 1. The Hall–Kier alpha value is -2.81. The fourth-order valence-corrected chi connectivity index (χ4v) is 2.51. The van der Waals surface area contributed by atoms with E-state index in [1.807, 2.05) is 6.92 Å². The van der Waals surface area contributed by atoms with Gasteiger partial charge in [0.05, 0.1) is 16.8 Å². The minimum atomic E-state index is -0.603. The molecule has 1 aliphatic carbocycles. The molecule has 1 unspecified atom stereocenters. The Morgan fingerprint density at radius 3 is 2.95 bits per heavy atom. The summed E-state index contributed by atoms with van der Waals surface area (Å²) in [6, 6.07) is 5.95. The van der Waals surface area contributed by atoms with Gasteiger partial charge in [-0.3, -0.25) is 4.79 Å². The van der Waals surface area contributed by atoms with Crippen LogP contribution in [0, 0.1) is 23.1 Å². The standard InChI is InChI=1S/C16H13FN4O/c1-9-4-14-12(15(22)5-9)8-19-16(21-14)20-11-3-2-10(7-18)13(17)6-11/h2-3,6,8-9H,4-5H2,1H3,(H,19,20,21). The molecule has 1 aromatic heterocycles. The summed E-state index contributed by atoms with van der Waals surface area (Å²) in [6.45, 7) is 2.01. The average molecular weight is 296 g/mol. The molecule has 1 heterocycles. The van der Waals surface area contributed by atoms with Gasteiger partial charge in [0.1, 0.15) is 11.9 Å². The van der Waals surface area contributed by atoms with Crippen LogP contribution in [0.3, 0.4) is 0 Å². The number of nitriles is 1. The summed E-state index contributed by atoms with van der Waals surface area (Å²) in [5.41, 5.74) is 1.72.